The zero-order valence-electron chi connectivity index (χ0n) is 9.44. The Balaban J connectivity index is 1.88. The molecule has 0 spiro atoms. The van der Waals surface area contributed by atoms with Crippen LogP contribution in [0.4, 0.5) is 11.5 Å². The molecule has 0 aromatic carbocycles. The molecule has 2 heterocycles. The van der Waals surface area contributed by atoms with Gasteiger partial charge in [-0.25, -0.2) is 10.8 Å². The minimum absolute atomic E-state index is 0.349. The van der Waals surface area contributed by atoms with E-state index >= 15 is 0 Å². The van der Waals surface area contributed by atoms with Crippen molar-refractivity contribution in [2.75, 3.05) is 23.9 Å². The van der Waals surface area contributed by atoms with Gasteiger partial charge in [0.1, 0.15) is 5.82 Å². The van der Waals surface area contributed by atoms with Crippen molar-refractivity contribution in [1.29, 1.82) is 0 Å². The number of ether oxygens (including phenoxy) is 1. The maximum absolute atomic E-state index is 5.51. The monoisotopic (exact) mass is 222 g/mol. The summed E-state index contributed by atoms with van der Waals surface area (Å²) in [4.78, 5) is 4.05. The molecule has 1 aliphatic heterocycles. The third-order valence-electron chi connectivity index (χ3n) is 3.01. The lowest BCUT2D eigenvalue weighted by Gasteiger charge is -2.15. The normalized spacial score (nSPS) is 24.4. The standard InChI is InChI=1S/C11H18N4O/c1-8-9(3-5-16-8)7-14-10-2-4-13-11(6-10)15-12/h2,4,6,8-9H,3,5,7,12H2,1H3,(H2,13,14,15). The summed E-state index contributed by atoms with van der Waals surface area (Å²) in [6, 6.07) is 3.82. The van der Waals surface area contributed by atoms with E-state index in [4.69, 9.17) is 10.6 Å². The smallest absolute Gasteiger partial charge is 0.141 e. The number of rotatable bonds is 4. The fourth-order valence-electron chi connectivity index (χ4n) is 1.91. The average molecular weight is 222 g/mol. The first kappa shape index (κ1) is 11.2. The van der Waals surface area contributed by atoms with E-state index in [0.717, 1.165) is 25.3 Å². The van der Waals surface area contributed by atoms with Crippen LogP contribution in [0.3, 0.4) is 0 Å². The minimum atomic E-state index is 0.349. The van der Waals surface area contributed by atoms with Gasteiger partial charge >= 0.3 is 0 Å². The van der Waals surface area contributed by atoms with E-state index in [9.17, 15) is 0 Å². The largest absolute Gasteiger partial charge is 0.385 e. The number of aromatic nitrogens is 1. The molecule has 0 bridgehead atoms. The molecule has 2 atom stereocenters. The Morgan fingerprint density at radius 2 is 2.50 bits per heavy atom. The van der Waals surface area contributed by atoms with Crippen molar-refractivity contribution in [2.45, 2.75) is 19.4 Å². The number of nitrogens with one attached hydrogen (secondary N) is 2. The number of hydrogen-bond donors (Lipinski definition) is 3. The number of hydrazine groups is 1. The summed E-state index contributed by atoms with van der Waals surface area (Å²) >= 11 is 0. The van der Waals surface area contributed by atoms with Gasteiger partial charge in [0.25, 0.3) is 0 Å². The molecule has 1 aliphatic rings. The number of anilines is 2. The maximum Gasteiger partial charge on any atom is 0.141 e. The van der Waals surface area contributed by atoms with Crippen LogP contribution in [0.2, 0.25) is 0 Å². The van der Waals surface area contributed by atoms with Gasteiger partial charge in [0.2, 0.25) is 0 Å². The fraction of sp³-hybridized carbons (Fsp3) is 0.545. The summed E-state index contributed by atoms with van der Waals surface area (Å²) < 4.78 is 5.51. The van der Waals surface area contributed by atoms with E-state index in [0.29, 0.717) is 17.8 Å². The summed E-state index contributed by atoms with van der Waals surface area (Å²) in [5, 5.41) is 3.38. The highest BCUT2D eigenvalue weighted by Gasteiger charge is 2.23. The molecule has 1 fully saturated rings. The second-order valence-electron chi connectivity index (χ2n) is 4.08. The number of nitrogen functional groups attached to an aromatic ring is 1. The Bertz CT molecular complexity index is 345. The Hall–Kier alpha value is -1.33. The van der Waals surface area contributed by atoms with E-state index in [1.807, 2.05) is 12.1 Å². The van der Waals surface area contributed by atoms with Crippen molar-refractivity contribution < 1.29 is 4.74 Å². The van der Waals surface area contributed by atoms with Crippen LogP contribution in [-0.4, -0.2) is 24.2 Å². The first-order valence-electron chi connectivity index (χ1n) is 5.57. The van der Waals surface area contributed by atoms with Gasteiger partial charge in [0, 0.05) is 37.0 Å². The Labute approximate surface area is 95.4 Å². The topological polar surface area (TPSA) is 72.2 Å². The SMILES string of the molecule is CC1OCCC1CNc1ccnc(NN)c1. The molecule has 0 aliphatic carbocycles. The molecule has 0 amide bonds. The lowest BCUT2D eigenvalue weighted by atomic mass is 10.0. The van der Waals surface area contributed by atoms with Crippen LogP contribution < -0.4 is 16.6 Å². The first-order valence-corrected chi connectivity index (χ1v) is 5.57. The number of pyridine rings is 1. The molecular formula is C11H18N4O. The molecule has 1 aromatic heterocycles. The molecule has 5 heteroatoms. The minimum Gasteiger partial charge on any atom is -0.385 e. The van der Waals surface area contributed by atoms with E-state index in [-0.39, 0.29) is 0 Å². The quantitative estimate of drug-likeness (QED) is 0.527. The zero-order valence-corrected chi connectivity index (χ0v) is 9.44. The van der Waals surface area contributed by atoms with Crippen LogP contribution in [0.1, 0.15) is 13.3 Å². The molecule has 5 nitrogen and oxygen atoms in total. The third kappa shape index (κ3) is 2.62. The van der Waals surface area contributed by atoms with Crippen molar-refractivity contribution in [3.63, 3.8) is 0 Å². The molecule has 0 radical (unpaired) electrons. The van der Waals surface area contributed by atoms with Crippen molar-refractivity contribution >= 4 is 11.5 Å². The zero-order chi connectivity index (χ0) is 11.4. The summed E-state index contributed by atoms with van der Waals surface area (Å²) in [5.41, 5.74) is 3.56. The lowest BCUT2D eigenvalue weighted by molar-refractivity contribution is 0.108. The second kappa shape index (κ2) is 5.14. The van der Waals surface area contributed by atoms with Crippen molar-refractivity contribution in [3.8, 4) is 0 Å². The van der Waals surface area contributed by atoms with Gasteiger partial charge in [-0.1, -0.05) is 0 Å². The Morgan fingerprint density at radius 3 is 3.19 bits per heavy atom. The highest BCUT2D eigenvalue weighted by molar-refractivity contribution is 5.51. The van der Waals surface area contributed by atoms with E-state index in [1.165, 1.54) is 0 Å². The van der Waals surface area contributed by atoms with Gasteiger partial charge in [-0.15, -0.1) is 0 Å². The van der Waals surface area contributed by atoms with E-state index in [2.05, 4.69) is 22.7 Å². The highest BCUT2D eigenvalue weighted by atomic mass is 16.5. The van der Waals surface area contributed by atoms with Crippen LogP contribution in [0.15, 0.2) is 18.3 Å². The van der Waals surface area contributed by atoms with E-state index in [1.54, 1.807) is 6.20 Å². The second-order valence-corrected chi connectivity index (χ2v) is 4.08. The van der Waals surface area contributed by atoms with Crippen molar-refractivity contribution in [2.24, 2.45) is 11.8 Å². The van der Waals surface area contributed by atoms with Crippen LogP contribution >= 0.6 is 0 Å². The van der Waals surface area contributed by atoms with Gasteiger partial charge in [0.15, 0.2) is 0 Å². The predicted molar refractivity (Wildman–Crippen MR) is 64.1 cm³/mol. The number of hydrogen-bond acceptors (Lipinski definition) is 5. The summed E-state index contributed by atoms with van der Waals surface area (Å²) in [6.07, 6.45) is 3.20. The van der Waals surface area contributed by atoms with Gasteiger partial charge < -0.3 is 15.5 Å². The third-order valence-corrected chi connectivity index (χ3v) is 3.01. The van der Waals surface area contributed by atoms with Gasteiger partial charge in [0.05, 0.1) is 6.10 Å². The van der Waals surface area contributed by atoms with Crippen LogP contribution in [-0.2, 0) is 4.74 Å². The molecule has 4 N–H and O–H groups in total. The molecule has 2 rings (SSSR count). The molecule has 16 heavy (non-hydrogen) atoms. The summed E-state index contributed by atoms with van der Waals surface area (Å²) in [7, 11) is 0. The first-order chi connectivity index (χ1) is 7.79. The van der Waals surface area contributed by atoms with Crippen LogP contribution in [0, 0.1) is 5.92 Å². The van der Waals surface area contributed by atoms with Gasteiger partial charge in [-0.3, -0.25) is 0 Å². The lowest BCUT2D eigenvalue weighted by Crippen LogP contribution is -2.20. The molecule has 88 valence electrons. The molecular weight excluding hydrogens is 204 g/mol. The van der Waals surface area contributed by atoms with Gasteiger partial charge in [-0.2, -0.15) is 0 Å². The Morgan fingerprint density at radius 1 is 1.62 bits per heavy atom. The van der Waals surface area contributed by atoms with Crippen LogP contribution in [0.25, 0.3) is 0 Å². The van der Waals surface area contributed by atoms with Crippen LogP contribution in [0.5, 0.6) is 0 Å². The van der Waals surface area contributed by atoms with Crippen molar-refractivity contribution in [3.05, 3.63) is 18.3 Å². The van der Waals surface area contributed by atoms with Crippen molar-refractivity contribution in [1.82, 2.24) is 4.98 Å². The molecule has 0 saturated carbocycles. The molecule has 1 aromatic rings. The van der Waals surface area contributed by atoms with E-state index < -0.39 is 0 Å². The number of nitrogens with zero attached hydrogens (tertiary/aromatic N) is 1. The maximum atomic E-state index is 5.51. The molecule has 2 unspecified atom stereocenters. The fourth-order valence-corrected chi connectivity index (χ4v) is 1.91. The Kier molecular flexibility index (Phi) is 3.58. The average Bonchev–Trinajstić information content (AvgIpc) is 2.72. The number of nitrogens with two attached hydrogens (primary N) is 1. The molecule has 1 saturated heterocycles. The van der Waals surface area contributed by atoms with Gasteiger partial charge in [-0.05, 0) is 19.4 Å². The summed E-state index contributed by atoms with van der Waals surface area (Å²) in [6.45, 7) is 3.92. The summed E-state index contributed by atoms with van der Waals surface area (Å²) in [5.74, 6) is 6.55. The highest BCUT2D eigenvalue weighted by Crippen LogP contribution is 2.21. The predicted octanol–water partition coefficient (Wildman–Crippen LogP) is 1.20.